The first-order valence-corrected chi connectivity index (χ1v) is 16.0. The van der Waals surface area contributed by atoms with Gasteiger partial charge in [0.2, 0.25) is 0 Å². The van der Waals surface area contributed by atoms with Crippen molar-refractivity contribution >= 4 is 75.1 Å². The zero-order chi connectivity index (χ0) is 29.5. The number of aromatic nitrogens is 3. The lowest BCUT2D eigenvalue weighted by molar-refractivity contribution is 1.18. The zero-order valence-electron chi connectivity index (χ0n) is 24.2. The summed E-state index contributed by atoms with van der Waals surface area (Å²) in [5.74, 6) is 0. The Balaban J connectivity index is 1.43. The molecule has 0 aliphatic carbocycles. The Morgan fingerprint density at radius 3 is 1.64 bits per heavy atom. The molecule has 4 heterocycles. The fourth-order valence-electron chi connectivity index (χ4n) is 7.34. The molecule has 0 fully saturated rings. The minimum atomic E-state index is 1.12. The molecule has 45 heavy (non-hydrogen) atoms. The van der Waals surface area contributed by atoms with Crippen molar-refractivity contribution < 1.29 is 0 Å². The molecule has 210 valence electrons. The van der Waals surface area contributed by atoms with Crippen molar-refractivity contribution in [2.24, 2.45) is 0 Å². The van der Waals surface area contributed by atoms with Gasteiger partial charge in [0.15, 0.2) is 0 Å². The normalized spacial score (nSPS) is 12.0. The third kappa shape index (κ3) is 3.48. The molecule has 4 aromatic heterocycles. The highest BCUT2D eigenvalue weighted by Gasteiger charge is 2.22. The first kappa shape index (κ1) is 24.7. The number of hydrogen-bond donors (Lipinski definition) is 0. The Labute approximate surface area is 262 Å². The van der Waals surface area contributed by atoms with E-state index in [1.54, 1.807) is 0 Å². The molecule has 0 bridgehead atoms. The molecule has 0 saturated heterocycles. The Bertz CT molecular complexity index is 2730. The molecule has 0 spiro atoms. The fourth-order valence-corrected chi connectivity index (χ4v) is 8.46. The molecule has 3 nitrogen and oxygen atoms in total. The Kier molecular flexibility index (Phi) is 5.16. The van der Waals surface area contributed by atoms with Crippen LogP contribution in [0, 0.1) is 0 Å². The van der Waals surface area contributed by atoms with Crippen molar-refractivity contribution in [2.75, 3.05) is 0 Å². The second kappa shape index (κ2) is 9.39. The van der Waals surface area contributed by atoms with Crippen LogP contribution in [0.25, 0.3) is 86.3 Å². The monoisotopic (exact) mass is 591 g/mol. The highest BCUT2D eigenvalue weighted by atomic mass is 32.1. The first-order valence-electron chi connectivity index (χ1n) is 15.2. The number of pyridine rings is 1. The van der Waals surface area contributed by atoms with E-state index in [1.807, 2.05) is 29.8 Å². The molecule has 0 unspecified atom stereocenters. The lowest BCUT2D eigenvalue weighted by Gasteiger charge is -2.08. The highest BCUT2D eigenvalue weighted by molar-refractivity contribution is 7.26. The summed E-state index contributed by atoms with van der Waals surface area (Å²) in [6.45, 7) is 0. The van der Waals surface area contributed by atoms with Crippen LogP contribution in [0.1, 0.15) is 0 Å². The van der Waals surface area contributed by atoms with Crippen LogP contribution in [0.2, 0.25) is 0 Å². The van der Waals surface area contributed by atoms with Gasteiger partial charge < -0.3 is 9.13 Å². The van der Waals surface area contributed by atoms with Crippen LogP contribution >= 0.6 is 11.3 Å². The molecular formula is C41H25N3S. The van der Waals surface area contributed by atoms with Crippen LogP contribution in [0.5, 0.6) is 0 Å². The van der Waals surface area contributed by atoms with E-state index in [0.717, 1.165) is 11.3 Å². The van der Waals surface area contributed by atoms with Gasteiger partial charge in [-0.15, -0.1) is 11.3 Å². The second-order valence-corrected chi connectivity index (χ2v) is 12.7. The van der Waals surface area contributed by atoms with Gasteiger partial charge in [-0.05, 0) is 78.4 Å². The maximum atomic E-state index is 4.42. The molecule has 0 amide bonds. The number of hydrogen-bond acceptors (Lipinski definition) is 2. The summed E-state index contributed by atoms with van der Waals surface area (Å²) in [4.78, 5) is 4.42. The predicted molar refractivity (Wildman–Crippen MR) is 191 cm³/mol. The quantitative estimate of drug-likeness (QED) is 0.200. The summed E-state index contributed by atoms with van der Waals surface area (Å²) >= 11 is 1.89. The summed E-state index contributed by atoms with van der Waals surface area (Å²) in [5, 5.41) is 7.81. The smallest absolute Gasteiger partial charge is 0.0548 e. The molecule has 4 heteroatoms. The van der Waals surface area contributed by atoms with Crippen molar-refractivity contribution in [3.05, 3.63) is 152 Å². The van der Waals surface area contributed by atoms with Crippen molar-refractivity contribution in [1.29, 1.82) is 0 Å². The standard InChI is InChI=1S/C41H25N3S/c1-3-11-28(12-4-1)43-32-16-8-7-15-30(32)38-34(43)19-21-36-40(38)41-37(45-36)22-20-35-39(41)31-24-26(27-10-9-23-42-25-27)17-18-33(31)44(35)29-13-5-2-6-14-29/h1-25H. The molecular weight excluding hydrogens is 567 g/mol. The summed E-state index contributed by atoms with van der Waals surface area (Å²) < 4.78 is 7.46. The molecule has 0 atom stereocenters. The van der Waals surface area contributed by atoms with E-state index >= 15 is 0 Å². The molecule has 0 radical (unpaired) electrons. The molecule has 0 saturated carbocycles. The summed E-state index contributed by atoms with van der Waals surface area (Å²) in [7, 11) is 0. The fraction of sp³-hybridized carbons (Fsp3) is 0. The van der Waals surface area contributed by atoms with E-state index in [9.17, 15) is 0 Å². The van der Waals surface area contributed by atoms with Crippen molar-refractivity contribution in [3.63, 3.8) is 0 Å². The average Bonchev–Trinajstić information content (AvgIpc) is 3.76. The average molecular weight is 592 g/mol. The lowest BCUT2D eigenvalue weighted by atomic mass is 9.99. The van der Waals surface area contributed by atoms with Gasteiger partial charge in [-0.3, -0.25) is 4.98 Å². The van der Waals surface area contributed by atoms with E-state index in [-0.39, 0.29) is 0 Å². The van der Waals surface area contributed by atoms with Gasteiger partial charge in [0.25, 0.3) is 0 Å². The minimum Gasteiger partial charge on any atom is -0.309 e. The third-order valence-corrected chi connectivity index (χ3v) is 10.3. The number of thiophene rings is 1. The van der Waals surface area contributed by atoms with Crippen LogP contribution in [0.4, 0.5) is 0 Å². The Hall–Kier alpha value is -5.71. The largest absolute Gasteiger partial charge is 0.309 e. The van der Waals surface area contributed by atoms with Gasteiger partial charge in [0.05, 0.1) is 22.1 Å². The first-order chi connectivity index (χ1) is 22.3. The van der Waals surface area contributed by atoms with Crippen LogP contribution in [-0.2, 0) is 0 Å². The summed E-state index contributed by atoms with van der Waals surface area (Å²) in [5.41, 5.74) is 9.51. The van der Waals surface area contributed by atoms with Gasteiger partial charge in [-0.25, -0.2) is 0 Å². The predicted octanol–water partition coefficient (Wildman–Crippen LogP) is 11.3. The number of nitrogens with zero attached hydrogens (tertiary/aromatic N) is 3. The second-order valence-electron chi connectivity index (χ2n) is 11.6. The van der Waals surface area contributed by atoms with Crippen LogP contribution < -0.4 is 0 Å². The molecule has 10 rings (SSSR count). The van der Waals surface area contributed by atoms with E-state index in [4.69, 9.17) is 0 Å². The van der Waals surface area contributed by atoms with Gasteiger partial charge in [-0.1, -0.05) is 66.7 Å². The number of rotatable bonds is 3. The summed E-state index contributed by atoms with van der Waals surface area (Å²) in [6.07, 6.45) is 3.79. The van der Waals surface area contributed by atoms with Gasteiger partial charge in [-0.2, -0.15) is 0 Å². The maximum Gasteiger partial charge on any atom is 0.0548 e. The van der Waals surface area contributed by atoms with Crippen molar-refractivity contribution in [1.82, 2.24) is 14.1 Å². The minimum absolute atomic E-state index is 1.12. The highest BCUT2D eigenvalue weighted by Crippen LogP contribution is 2.48. The van der Waals surface area contributed by atoms with Gasteiger partial charge in [0, 0.05) is 71.0 Å². The van der Waals surface area contributed by atoms with Crippen LogP contribution in [-0.4, -0.2) is 14.1 Å². The topological polar surface area (TPSA) is 22.8 Å². The molecule has 10 aromatic rings. The SMILES string of the molecule is c1ccc(-n2c3ccccc3c3c4c(ccc32)sc2ccc3c(c5cc(-c6cccnc6)ccc5n3-c3ccccc3)c24)cc1. The van der Waals surface area contributed by atoms with Crippen molar-refractivity contribution in [3.8, 4) is 22.5 Å². The Morgan fingerprint density at radius 2 is 1.00 bits per heavy atom. The zero-order valence-corrected chi connectivity index (χ0v) is 25.0. The number of para-hydroxylation sites is 3. The number of fused-ring (bicyclic) bond motifs is 11. The van der Waals surface area contributed by atoms with E-state index in [0.29, 0.717) is 0 Å². The van der Waals surface area contributed by atoms with E-state index in [1.165, 1.54) is 75.0 Å². The van der Waals surface area contributed by atoms with Gasteiger partial charge in [0.1, 0.15) is 0 Å². The van der Waals surface area contributed by atoms with Gasteiger partial charge >= 0.3 is 0 Å². The van der Waals surface area contributed by atoms with Crippen LogP contribution in [0.15, 0.2) is 152 Å². The molecule has 0 aliphatic rings. The number of benzene rings is 6. The van der Waals surface area contributed by atoms with Crippen molar-refractivity contribution in [2.45, 2.75) is 0 Å². The van der Waals surface area contributed by atoms with E-state index in [2.05, 4.69) is 148 Å². The molecule has 0 N–H and O–H groups in total. The van der Waals surface area contributed by atoms with Crippen LogP contribution in [0.3, 0.4) is 0 Å². The third-order valence-electron chi connectivity index (χ3n) is 9.19. The summed E-state index contributed by atoms with van der Waals surface area (Å²) in [6, 6.07) is 50.6. The van der Waals surface area contributed by atoms with E-state index < -0.39 is 0 Å². The lowest BCUT2D eigenvalue weighted by Crippen LogP contribution is -1.93. The Morgan fingerprint density at radius 1 is 0.422 bits per heavy atom. The molecule has 0 aliphatic heterocycles. The molecule has 6 aromatic carbocycles. The maximum absolute atomic E-state index is 4.42.